The molecule has 0 aliphatic carbocycles. The summed E-state index contributed by atoms with van der Waals surface area (Å²) in [5, 5.41) is 0. The van der Waals surface area contributed by atoms with Gasteiger partial charge in [-0.2, -0.15) is 0 Å². The number of methoxy groups -OCH3 is 1. The monoisotopic (exact) mass is 315 g/mol. The van der Waals surface area contributed by atoms with Crippen LogP contribution in [0.15, 0.2) is 48.5 Å². The molecule has 3 rings (SSSR count). The van der Waals surface area contributed by atoms with Crippen molar-refractivity contribution < 1.29 is 18.7 Å². The van der Waals surface area contributed by atoms with Gasteiger partial charge in [-0.25, -0.2) is 4.39 Å². The van der Waals surface area contributed by atoms with Gasteiger partial charge in [-0.15, -0.1) is 0 Å². The maximum Gasteiger partial charge on any atom is 0.254 e. The van der Waals surface area contributed by atoms with Crippen molar-refractivity contribution >= 4 is 5.91 Å². The Morgan fingerprint density at radius 1 is 1.17 bits per heavy atom. The van der Waals surface area contributed by atoms with Crippen LogP contribution in [-0.4, -0.2) is 37.1 Å². The number of hydrogen-bond donors (Lipinski definition) is 0. The fourth-order valence-corrected chi connectivity index (χ4v) is 2.66. The highest BCUT2D eigenvalue weighted by atomic mass is 19.1. The number of likely N-dealkylation sites (tertiary alicyclic amines) is 1. The molecule has 120 valence electrons. The van der Waals surface area contributed by atoms with Gasteiger partial charge in [0.15, 0.2) is 0 Å². The summed E-state index contributed by atoms with van der Waals surface area (Å²) >= 11 is 0. The van der Waals surface area contributed by atoms with Gasteiger partial charge in [0.2, 0.25) is 0 Å². The normalized spacial score (nSPS) is 17.1. The van der Waals surface area contributed by atoms with Crippen LogP contribution >= 0.6 is 0 Å². The third-order valence-corrected chi connectivity index (χ3v) is 3.87. The van der Waals surface area contributed by atoms with Crippen LogP contribution < -0.4 is 9.47 Å². The van der Waals surface area contributed by atoms with Gasteiger partial charge in [-0.1, -0.05) is 6.07 Å². The molecule has 1 fully saturated rings. The second-order valence-electron chi connectivity index (χ2n) is 5.47. The van der Waals surface area contributed by atoms with Crippen molar-refractivity contribution in [2.24, 2.45) is 0 Å². The smallest absolute Gasteiger partial charge is 0.254 e. The van der Waals surface area contributed by atoms with Crippen molar-refractivity contribution in [3.63, 3.8) is 0 Å². The molecule has 0 saturated carbocycles. The Labute approximate surface area is 134 Å². The highest BCUT2D eigenvalue weighted by Crippen LogP contribution is 2.22. The SMILES string of the molecule is COc1ccc(OC2CCN(C(=O)c3cccc(F)c3)C2)cc1. The van der Waals surface area contributed by atoms with Gasteiger partial charge in [-0.3, -0.25) is 4.79 Å². The molecule has 0 radical (unpaired) electrons. The Bertz CT molecular complexity index is 687. The van der Waals surface area contributed by atoms with Crippen molar-refractivity contribution in [1.82, 2.24) is 4.90 Å². The number of carbonyl (C=O) groups is 1. The van der Waals surface area contributed by atoms with E-state index < -0.39 is 5.82 Å². The highest BCUT2D eigenvalue weighted by Gasteiger charge is 2.28. The van der Waals surface area contributed by atoms with Crippen LogP contribution in [0.3, 0.4) is 0 Å². The summed E-state index contributed by atoms with van der Waals surface area (Å²) in [4.78, 5) is 14.1. The van der Waals surface area contributed by atoms with Crippen molar-refractivity contribution in [3.05, 3.63) is 59.9 Å². The molecule has 2 aromatic carbocycles. The lowest BCUT2D eigenvalue weighted by atomic mass is 10.2. The van der Waals surface area contributed by atoms with Crippen LogP contribution in [0.1, 0.15) is 16.8 Å². The molecule has 0 spiro atoms. The molecule has 1 aliphatic heterocycles. The van der Waals surface area contributed by atoms with Gasteiger partial charge in [0.05, 0.1) is 13.7 Å². The molecule has 1 aliphatic rings. The van der Waals surface area contributed by atoms with E-state index in [0.29, 0.717) is 18.7 Å². The molecule has 1 saturated heterocycles. The largest absolute Gasteiger partial charge is 0.497 e. The van der Waals surface area contributed by atoms with Crippen molar-refractivity contribution in [1.29, 1.82) is 0 Å². The van der Waals surface area contributed by atoms with Crippen LogP contribution in [0.5, 0.6) is 11.5 Å². The minimum Gasteiger partial charge on any atom is -0.497 e. The maximum atomic E-state index is 13.2. The van der Waals surface area contributed by atoms with Crippen molar-refractivity contribution in [3.8, 4) is 11.5 Å². The standard InChI is InChI=1S/C18H18FNO3/c1-22-15-5-7-16(8-6-15)23-17-9-10-20(12-17)18(21)13-3-2-4-14(19)11-13/h2-8,11,17H,9-10,12H2,1H3. The minimum atomic E-state index is -0.402. The van der Waals surface area contributed by atoms with Crippen LogP contribution in [0, 0.1) is 5.82 Å². The van der Waals surface area contributed by atoms with Crippen LogP contribution in [-0.2, 0) is 0 Å². The summed E-state index contributed by atoms with van der Waals surface area (Å²) in [6, 6.07) is 13.1. The zero-order valence-electron chi connectivity index (χ0n) is 12.9. The molecule has 1 unspecified atom stereocenters. The molecule has 1 atom stereocenters. The first-order chi connectivity index (χ1) is 11.2. The number of halogens is 1. The molecular formula is C18H18FNO3. The quantitative estimate of drug-likeness (QED) is 0.870. The predicted octanol–water partition coefficient (Wildman–Crippen LogP) is 3.13. The lowest BCUT2D eigenvalue weighted by Gasteiger charge is -2.17. The molecule has 1 amide bonds. The zero-order valence-corrected chi connectivity index (χ0v) is 12.9. The van der Waals surface area contributed by atoms with Gasteiger partial charge in [-0.05, 0) is 42.5 Å². The summed E-state index contributed by atoms with van der Waals surface area (Å²) in [6.07, 6.45) is 0.702. The maximum absolute atomic E-state index is 13.2. The molecule has 0 N–H and O–H groups in total. The third-order valence-electron chi connectivity index (χ3n) is 3.87. The van der Waals surface area contributed by atoms with Gasteiger partial charge in [0.25, 0.3) is 5.91 Å². The number of hydrogen-bond acceptors (Lipinski definition) is 3. The summed E-state index contributed by atoms with van der Waals surface area (Å²) in [6.45, 7) is 1.11. The number of nitrogens with zero attached hydrogens (tertiary/aromatic N) is 1. The number of rotatable bonds is 4. The van der Waals surface area contributed by atoms with Crippen molar-refractivity contribution in [2.75, 3.05) is 20.2 Å². The minimum absolute atomic E-state index is 0.0547. The second kappa shape index (κ2) is 6.69. The van der Waals surface area contributed by atoms with Gasteiger partial charge < -0.3 is 14.4 Å². The van der Waals surface area contributed by atoms with E-state index in [1.54, 1.807) is 24.1 Å². The van der Waals surface area contributed by atoms with Gasteiger partial charge >= 0.3 is 0 Å². The third kappa shape index (κ3) is 3.62. The molecule has 5 heteroatoms. The Balaban J connectivity index is 1.60. The van der Waals surface area contributed by atoms with Gasteiger partial charge in [0, 0.05) is 18.5 Å². The topological polar surface area (TPSA) is 38.8 Å². The number of ether oxygens (including phenoxy) is 2. The van der Waals surface area contributed by atoms with Crippen LogP contribution in [0.2, 0.25) is 0 Å². The second-order valence-corrected chi connectivity index (χ2v) is 5.47. The lowest BCUT2D eigenvalue weighted by Crippen LogP contribution is -2.31. The summed E-state index contributed by atoms with van der Waals surface area (Å²) < 4.78 is 24.2. The molecule has 4 nitrogen and oxygen atoms in total. The van der Waals surface area contributed by atoms with Crippen molar-refractivity contribution in [2.45, 2.75) is 12.5 Å². The zero-order chi connectivity index (χ0) is 16.2. The number of carbonyl (C=O) groups excluding carboxylic acids is 1. The van der Waals surface area contributed by atoms with Crippen LogP contribution in [0.4, 0.5) is 4.39 Å². The number of benzene rings is 2. The first kappa shape index (κ1) is 15.3. The fraction of sp³-hybridized carbons (Fsp3) is 0.278. The lowest BCUT2D eigenvalue weighted by molar-refractivity contribution is 0.0772. The number of amides is 1. The summed E-state index contributed by atoms with van der Waals surface area (Å²) in [5.41, 5.74) is 0.370. The predicted molar refractivity (Wildman–Crippen MR) is 84.3 cm³/mol. The Hall–Kier alpha value is -2.56. The molecule has 0 aromatic heterocycles. The van der Waals surface area contributed by atoms with E-state index in [0.717, 1.165) is 17.9 Å². The molecule has 1 heterocycles. The van der Waals surface area contributed by atoms with E-state index in [9.17, 15) is 9.18 Å². The first-order valence-electron chi connectivity index (χ1n) is 7.51. The molecule has 23 heavy (non-hydrogen) atoms. The fourth-order valence-electron chi connectivity index (χ4n) is 2.66. The molecule has 0 bridgehead atoms. The van der Waals surface area contributed by atoms with E-state index in [2.05, 4.69) is 0 Å². The van der Waals surface area contributed by atoms with E-state index in [4.69, 9.17) is 9.47 Å². The molecule has 2 aromatic rings. The summed E-state index contributed by atoms with van der Waals surface area (Å²) in [7, 11) is 1.61. The first-order valence-corrected chi connectivity index (χ1v) is 7.51. The highest BCUT2D eigenvalue weighted by molar-refractivity contribution is 5.94. The average Bonchev–Trinajstić information content (AvgIpc) is 3.03. The summed E-state index contributed by atoms with van der Waals surface area (Å²) in [5.74, 6) is 0.953. The van der Waals surface area contributed by atoms with E-state index in [1.165, 1.54) is 12.1 Å². The van der Waals surface area contributed by atoms with E-state index in [-0.39, 0.29) is 12.0 Å². The molecular weight excluding hydrogens is 297 g/mol. The van der Waals surface area contributed by atoms with E-state index in [1.807, 2.05) is 24.3 Å². The average molecular weight is 315 g/mol. The Morgan fingerprint density at radius 2 is 1.91 bits per heavy atom. The Kier molecular flexibility index (Phi) is 4.46. The van der Waals surface area contributed by atoms with E-state index >= 15 is 0 Å². The van der Waals surface area contributed by atoms with Crippen LogP contribution in [0.25, 0.3) is 0 Å². The van der Waals surface area contributed by atoms with Gasteiger partial charge in [0.1, 0.15) is 23.4 Å². The Morgan fingerprint density at radius 3 is 2.61 bits per heavy atom.